The smallest absolute Gasteiger partial charge is 0.00966 e. The fourth-order valence-corrected chi connectivity index (χ4v) is 1.23. The van der Waals surface area contributed by atoms with Crippen LogP contribution in [0.25, 0.3) is 0 Å². The molecule has 1 fully saturated rings. The van der Waals surface area contributed by atoms with Crippen LogP contribution >= 0.6 is 0 Å². The molecule has 0 heterocycles. The standard InChI is InChI=1S/C8H18N2/c1-6(2)5-10-8-3-7(9)4-8/h6-8,10H,3-5,9H2,1-2H3. The highest BCUT2D eigenvalue weighted by Gasteiger charge is 2.24. The van der Waals surface area contributed by atoms with Gasteiger partial charge in [0.05, 0.1) is 0 Å². The van der Waals surface area contributed by atoms with Crippen molar-refractivity contribution < 1.29 is 0 Å². The van der Waals surface area contributed by atoms with Crippen molar-refractivity contribution in [2.45, 2.75) is 38.8 Å². The Balaban J connectivity index is 1.95. The van der Waals surface area contributed by atoms with E-state index in [-0.39, 0.29) is 0 Å². The van der Waals surface area contributed by atoms with Crippen molar-refractivity contribution >= 4 is 0 Å². The van der Waals surface area contributed by atoms with E-state index in [1.807, 2.05) is 0 Å². The van der Waals surface area contributed by atoms with Gasteiger partial charge in [-0.25, -0.2) is 0 Å². The van der Waals surface area contributed by atoms with E-state index in [1.54, 1.807) is 0 Å². The zero-order chi connectivity index (χ0) is 7.56. The summed E-state index contributed by atoms with van der Waals surface area (Å²) in [6.07, 6.45) is 2.35. The highest BCUT2D eigenvalue weighted by atomic mass is 14.9. The van der Waals surface area contributed by atoms with E-state index < -0.39 is 0 Å². The van der Waals surface area contributed by atoms with Crippen molar-refractivity contribution in [3.63, 3.8) is 0 Å². The monoisotopic (exact) mass is 142 g/mol. The quantitative estimate of drug-likeness (QED) is 0.609. The number of hydrogen-bond acceptors (Lipinski definition) is 2. The van der Waals surface area contributed by atoms with Crippen LogP contribution in [0.2, 0.25) is 0 Å². The Hall–Kier alpha value is -0.0800. The summed E-state index contributed by atoms with van der Waals surface area (Å²) in [6, 6.07) is 1.20. The summed E-state index contributed by atoms with van der Waals surface area (Å²) >= 11 is 0. The first-order valence-corrected chi connectivity index (χ1v) is 4.17. The van der Waals surface area contributed by atoms with Gasteiger partial charge in [0.2, 0.25) is 0 Å². The predicted octanol–water partition coefficient (Wildman–Crippen LogP) is 0.722. The maximum absolute atomic E-state index is 5.64. The molecule has 0 aliphatic heterocycles. The number of rotatable bonds is 3. The molecule has 0 atom stereocenters. The fourth-order valence-electron chi connectivity index (χ4n) is 1.23. The second kappa shape index (κ2) is 3.35. The highest BCUT2D eigenvalue weighted by Crippen LogP contribution is 2.17. The van der Waals surface area contributed by atoms with Crippen molar-refractivity contribution in [2.24, 2.45) is 11.7 Å². The van der Waals surface area contributed by atoms with Gasteiger partial charge in [0.25, 0.3) is 0 Å². The molecule has 0 saturated heterocycles. The molecule has 60 valence electrons. The molecule has 2 nitrogen and oxygen atoms in total. The first kappa shape index (κ1) is 8.02. The maximum Gasteiger partial charge on any atom is 0.00966 e. The predicted molar refractivity (Wildman–Crippen MR) is 43.8 cm³/mol. The van der Waals surface area contributed by atoms with Gasteiger partial charge in [0, 0.05) is 12.1 Å². The third-order valence-corrected chi connectivity index (χ3v) is 1.99. The van der Waals surface area contributed by atoms with E-state index in [1.165, 1.54) is 12.8 Å². The molecule has 10 heavy (non-hydrogen) atoms. The highest BCUT2D eigenvalue weighted by molar-refractivity contribution is 4.87. The Morgan fingerprint density at radius 1 is 1.50 bits per heavy atom. The van der Waals surface area contributed by atoms with Crippen LogP contribution in [0.5, 0.6) is 0 Å². The van der Waals surface area contributed by atoms with Crippen molar-refractivity contribution in [1.29, 1.82) is 0 Å². The molecule has 0 aromatic carbocycles. The van der Waals surface area contributed by atoms with Gasteiger partial charge < -0.3 is 11.1 Å². The number of nitrogens with one attached hydrogen (secondary N) is 1. The van der Waals surface area contributed by atoms with Crippen molar-refractivity contribution in [1.82, 2.24) is 5.32 Å². The lowest BCUT2D eigenvalue weighted by Crippen LogP contribution is -2.49. The van der Waals surface area contributed by atoms with Gasteiger partial charge in [0.1, 0.15) is 0 Å². The molecule has 0 unspecified atom stereocenters. The van der Waals surface area contributed by atoms with Crippen molar-refractivity contribution in [2.75, 3.05) is 6.54 Å². The first-order valence-electron chi connectivity index (χ1n) is 4.17. The molecule has 1 saturated carbocycles. The summed E-state index contributed by atoms with van der Waals surface area (Å²) in [4.78, 5) is 0. The van der Waals surface area contributed by atoms with Gasteiger partial charge >= 0.3 is 0 Å². The molecule has 0 aromatic heterocycles. The molecule has 0 aromatic rings. The summed E-state index contributed by atoms with van der Waals surface area (Å²) in [5, 5.41) is 3.47. The molecule has 0 bridgehead atoms. The molecule has 0 radical (unpaired) electrons. The first-order chi connectivity index (χ1) is 4.68. The molecule has 3 N–H and O–H groups in total. The normalized spacial score (nSPS) is 32.4. The molecular weight excluding hydrogens is 124 g/mol. The summed E-state index contributed by atoms with van der Waals surface area (Å²) in [5.74, 6) is 0.761. The van der Waals surface area contributed by atoms with E-state index in [2.05, 4.69) is 19.2 Å². The van der Waals surface area contributed by atoms with Crippen LogP contribution in [0.4, 0.5) is 0 Å². The second-order valence-electron chi connectivity index (χ2n) is 3.73. The average molecular weight is 142 g/mol. The zero-order valence-electron chi connectivity index (χ0n) is 6.93. The lowest BCUT2D eigenvalue weighted by Gasteiger charge is -2.33. The Kier molecular flexibility index (Phi) is 2.69. The van der Waals surface area contributed by atoms with Crippen molar-refractivity contribution in [3.05, 3.63) is 0 Å². The largest absolute Gasteiger partial charge is 0.328 e. The third kappa shape index (κ3) is 2.27. The molecular formula is C8H18N2. The van der Waals surface area contributed by atoms with Gasteiger partial charge in [-0.3, -0.25) is 0 Å². The molecule has 1 aliphatic rings. The van der Waals surface area contributed by atoms with Crippen LogP contribution in [0.1, 0.15) is 26.7 Å². The van der Waals surface area contributed by atoms with Gasteiger partial charge in [-0.05, 0) is 25.3 Å². The van der Waals surface area contributed by atoms with Crippen LogP contribution in [0, 0.1) is 5.92 Å². The molecule has 1 aliphatic carbocycles. The van der Waals surface area contributed by atoms with Gasteiger partial charge in [0.15, 0.2) is 0 Å². The van der Waals surface area contributed by atoms with Crippen LogP contribution in [0.3, 0.4) is 0 Å². The zero-order valence-corrected chi connectivity index (χ0v) is 6.93. The SMILES string of the molecule is CC(C)CNC1CC(N)C1. The van der Waals surface area contributed by atoms with E-state index in [4.69, 9.17) is 5.73 Å². The Labute approximate surface area is 63.2 Å². The molecule has 2 heteroatoms. The fraction of sp³-hybridized carbons (Fsp3) is 1.00. The minimum Gasteiger partial charge on any atom is -0.328 e. The van der Waals surface area contributed by atoms with Crippen molar-refractivity contribution in [3.8, 4) is 0 Å². The summed E-state index contributed by atoms with van der Waals surface area (Å²) in [6.45, 7) is 5.59. The minimum absolute atomic E-state index is 0.477. The van der Waals surface area contributed by atoms with Crippen LogP contribution in [0.15, 0.2) is 0 Å². The Bertz CT molecular complexity index is 95.4. The van der Waals surface area contributed by atoms with Gasteiger partial charge in [-0.1, -0.05) is 13.8 Å². The van der Waals surface area contributed by atoms with E-state index in [9.17, 15) is 0 Å². The molecule has 1 rings (SSSR count). The number of hydrogen-bond donors (Lipinski definition) is 2. The summed E-state index contributed by atoms with van der Waals surface area (Å²) in [5.41, 5.74) is 5.64. The second-order valence-corrected chi connectivity index (χ2v) is 3.73. The topological polar surface area (TPSA) is 38.0 Å². The Morgan fingerprint density at radius 3 is 2.50 bits per heavy atom. The maximum atomic E-state index is 5.64. The van der Waals surface area contributed by atoms with E-state index >= 15 is 0 Å². The lowest BCUT2D eigenvalue weighted by molar-refractivity contribution is 0.283. The van der Waals surface area contributed by atoms with E-state index in [0.29, 0.717) is 6.04 Å². The lowest BCUT2D eigenvalue weighted by atomic mass is 9.87. The summed E-state index contributed by atoms with van der Waals surface area (Å²) in [7, 11) is 0. The van der Waals surface area contributed by atoms with Crippen LogP contribution < -0.4 is 11.1 Å². The van der Waals surface area contributed by atoms with Gasteiger partial charge in [-0.15, -0.1) is 0 Å². The van der Waals surface area contributed by atoms with Crippen LogP contribution in [-0.4, -0.2) is 18.6 Å². The summed E-state index contributed by atoms with van der Waals surface area (Å²) < 4.78 is 0. The molecule has 0 amide bonds. The number of nitrogens with two attached hydrogens (primary N) is 1. The van der Waals surface area contributed by atoms with Gasteiger partial charge in [-0.2, -0.15) is 0 Å². The third-order valence-electron chi connectivity index (χ3n) is 1.99. The average Bonchev–Trinajstić information content (AvgIpc) is 1.77. The van der Waals surface area contributed by atoms with Crippen LogP contribution in [-0.2, 0) is 0 Å². The molecule has 0 spiro atoms. The van der Waals surface area contributed by atoms with E-state index in [0.717, 1.165) is 18.5 Å². The minimum atomic E-state index is 0.477. The Morgan fingerprint density at radius 2 is 2.10 bits per heavy atom.